The molecule has 7 heteroatoms. The van der Waals surface area contributed by atoms with E-state index in [1.807, 2.05) is 36.4 Å². The average molecular weight is 436 g/mol. The molecule has 1 aromatic heterocycles. The zero-order valence-corrected chi connectivity index (χ0v) is 18.1. The normalized spacial score (nSPS) is 15.1. The van der Waals surface area contributed by atoms with Gasteiger partial charge in [-0.1, -0.05) is 36.4 Å². The van der Waals surface area contributed by atoms with Gasteiger partial charge in [-0.3, -0.25) is 5.10 Å². The maximum atomic E-state index is 13.5. The van der Waals surface area contributed by atoms with Gasteiger partial charge in [0.05, 0.1) is 17.0 Å². The van der Waals surface area contributed by atoms with Gasteiger partial charge in [0.2, 0.25) is 9.84 Å². The summed E-state index contributed by atoms with van der Waals surface area (Å²) in [7, 11) is -3.78. The molecule has 0 amide bonds. The van der Waals surface area contributed by atoms with Crippen molar-refractivity contribution in [1.82, 2.24) is 15.1 Å². The van der Waals surface area contributed by atoms with E-state index in [1.165, 1.54) is 25.9 Å². The summed E-state index contributed by atoms with van der Waals surface area (Å²) in [5.41, 5.74) is 0.600. The molecular weight excluding hydrogens is 410 g/mol. The molecule has 31 heavy (non-hydrogen) atoms. The highest BCUT2D eigenvalue weighted by Gasteiger charge is 2.25. The fraction of sp³-hybridized carbons (Fsp3) is 0.292. The molecule has 5 rings (SSSR count). The van der Waals surface area contributed by atoms with Crippen LogP contribution in [0.5, 0.6) is 5.75 Å². The summed E-state index contributed by atoms with van der Waals surface area (Å²) in [6.45, 7) is 3.99. The number of fused-ring (bicyclic) bond motifs is 2. The first-order chi connectivity index (χ1) is 15.1. The smallest absolute Gasteiger partial charge is 0.224 e. The fourth-order valence-corrected chi connectivity index (χ4v) is 5.86. The van der Waals surface area contributed by atoms with E-state index >= 15 is 0 Å². The molecule has 0 bridgehead atoms. The number of benzene rings is 3. The Bertz CT molecular complexity index is 1320. The van der Waals surface area contributed by atoms with Gasteiger partial charge in [-0.05, 0) is 62.0 Å². The van der Waals surface area contributed by atoms with Gasteiger partial charge in [0.25, 0.3) is 0 Å². The molecule has 6 nitrogen and oxygen atoms in total. The van der Waals surface area contributed by atoms with Gasteiger partial charge in [0.1, 0.15) is 5.75 Å². The number of aromatic amines is 1. The lowest BCUT2D eigenvalue weighted by molar-refractivity contribution is 0.263. The number of aromatic nitrogens is 2. The molecule has 1 N–H and O–H groups in total. The summed E-state index contributed by atoms with van der Waals surface area (Å²) in [5, 5.41) is 9.19. The number of sulfone groups is 1. The minimum absolute atomic E-state index is 0.0985. The second-order valence-corrected chi connectivity index (χ2v) is 9.82. The van der Waals surface area contributed by atoms with E-state index in [4.69, 9.17) is 4.74 Å². The Morgan fingerprint density at radius 3 is 2.65 bits per heavy atom. The zero-order valence-electron chi connectivity index (χ0n) is 17.3. The number of nitrogens with one attached hydrogen (secondary N) is 1. The number of likely N-dealkylation sites (tertiary alicyclic amines) is 1. The van der Waals surface area contributed by atoms with Crippen molar-refractivity contribution in [3.63, 3.8) is 0 Å². The summed E-state index contributed by atoms with van der Waals surface area (Å²) < 4.78 is 33.0. The summed E-state index contributed by atoms with van der Waals surface area (Å²) in [5.74, 6) is 0.657. The van der Waals surface area contributed by atoms with Gasteiger partial charge in [0, 0.05) is 17.3 Å². The molecule has 1 aliphatic rings. The van der Waals surface area contributed by atoms with Crippen LogP contribution in [0.2, 0.25) is 0 Å². The van der Waals surface area contributed by atoms with Crippen molar-refractivity contribution in [2.75, 3.05) is 26.2 Å². The maximum Gasteiger partial charge on any atom is 0.224 e. The number of nitrogens with zero attached hydrogens (tertiary/aromatic N) is 2. The Morgan fingerprint density at radius 2 is 1.77 bits per heavy atom. The second kappa shape index (κ2) is 8.32. The Kier molecular flexibility index (Phi) is 5.38. The first-order valence-electron chi connectivity index (χ1n) is 10.7. The van der Waals surface area contributed by atoms with Crippen LogP contribution in [0.1, 0.15) is 19.3 Å². The molecule has 0 spiro atoms. The SMILES string of the molecule is O=S(=O)(c1cccc2ccccc12)c1[nH]nc2ccc(OCCCN3CCCC3)cc12. The Morgan fingerprint density at radius 1 is 0.968 bits per heavy atom. The largest absolute Gasteiger partial charge is 0.494 e. The molecule has 0 aliphatic carbocycles. The number of H-pyrrole nitrogens is 1. The van der Waals surface area contributed by atoms with Gasteiger partial charge in [-0.15, -0.1) is 0 Å². The van der Waals surface area contributed by atoms with Crippen LogP contribution in [-0.4, -0.2) is 49.8 Å². The zero-order chi connectivity index (χ0) is 21.3. The monoisotopic (exact) mass is 435 g/mol. The van der Waals surface area contributed by atoms with E-state index in [2.05, 4.69) is 15.1 Å². The van der Waals surface area contributed by atoms with Crippen LogP contribution in [0.25, 0.3) is 21.7 Å². The van der Waals surface area contributed by atoms with Crippen molar-refractivity contribution in [2.24, 2.45) is 0 Å². The lowest BCUT2D eigenvalue weighted by atomic mass is 10.1. The van der Waals surface area contributed by atoms with Crippen molar-refractivity contribution in [1.29, 1.82) is 0 Å². The summed E-state index contributed by atoms with van der Waals surface area (Å²) in [6, 6.07) is 18.2. The number of hydrogen-bond donors (Lipinski definition) is 1. The van der Waals surface area contributed by atoms with Gasteiger partial charge >= 0.3 is 0 Å². The molecule has 160 valence electrons. The lowest BCUT2D eigenvalue weighted by Crippen LogP contribution is -2.21. The molecule has 0 radical (unpaired) electrons. The van der Waals surface area contributed by atoms with Crippen molar-refractivity contribution < 1.29 is 13.2 Å². The van der Waals surface area contributed by atoms with Gasteiger partial charge in [-0.25, -0.2) is 8.42 Å². The minimum Gasteiger partial charge on any atom is -0.494 e. The Balaban J connectivity index is 1.42. The minimum atomic E-state index is -3.78. The first-order valence-corrected chi connectivity index (χ1v) is 12.2. The molecule has 4 aromatic rings. The van der Waals surface area contributed by atoms with Crippen LogP contribution in [0.4, 0.5) is 0 Å². The third-order valence-corrected chi connectivity index (χ3v) is 7.67. The predicted octanol–water partition coefficient (Wildman–Crippen LogP) is 4.41. The third kappa shape index (κ3) is 3.91. The van der Waals surface area contributed by atoms with Crippen LogP contribution in [0.3, 0.4) is 0 Å². The van der Waals surface area contributed by atoms with E-state index < -0.39 is 9.84 Å². The highest BCUT2D eigenvalue weighted by Crippen LogP contribution is 2.32. The standard InChI is InChI=1S/C24H25N3O3S/c28-31(29,23-10-5-8-18-7-1-2-9-20(18)23)24-21-17-19(11-12-22(21)25-26-24)30-16-6-15-27-13-3-4-14-27/h1-2,5,7-12,17H,3-4,6,13-16H2,(H,25,26). The molecule has 3 aromatic carbocycles. The summed E-state index contributed by atoms with van der Waals surface area (Å²) >= 11 is 0. The summed E-state index contributed by atoms with van der Waals surface area (Å²) in [4.78, 5) is 2.73. The summed E-state index contributed by atoms with van der Waals surface area (Å²) in [6.07, 6.45) is 3.52. The molecule has 0 unspecified atom stereocenters. The number of rotatable bonds is 7. The molecule has 1 saturated heterocycles. The molecule has 1 fully saturated rings. The Hall–Kier alpha value is -2.90. The van der Waals surface area contributed by atoms with E-state index in [9.17, 15) is 8.42 Å². The third-order valence-electron chi connectivity index (χ3n) is 5.88. The van der Waals surface area contributed by atoms with E-state index in [-0.39, 0.29) is 9.92 Å². The quantitative estimate of drug-likeness (QED) is 0.435. The van der Waals surface area contributed by atoms with Crippen molar-refractivity contribution in [2.45, 2.75) is 29.2 Å². The van der Waals surface area contributed by atoms with E-state index in [0.717, 1.165) is 18.4 Å². The molecule has 0 saturated carbocycles. The van der Waals surface area contributed by atoms with Crippen LogP contribution in [0.15, 0.2) is 70.6 Å². The fourth-order valence-electron chi connectivity index (χ4n) is 4.28. The van der Waals surface area contributed by atoms with Crippen molar-refractivity contribution in [3.05, 3.63) is 60.7 Å². The number of ether oxygens (including phenoxy) is 1. The van der Waals surface area contributed by atoms with Crippen molar-refractivity contribution >= 4 is 31.5 Å². The van der Waals surface area contributed by atoms with Crippen molar-refractivity contribution in [3.8, 4) is 5.75 Å². The Labute approximate surface area is 181 Å². The molecule has 2 heterocycles. The molecular formula is C24H25N3O3S. The van der Waals surface area contributed by atoms with Crippen LogP contribution < -0.4 is 4.74 Å². The van der Waals surface area contributed by atoms with E-state index in [1.54, 1.807) is 24.3 Å². The van der Waals surface area contributed by atoms with Gasteiger partial charge in [-0.2, -0.15) is 5.10 Å². The highest BCUT2D eigenvalue weighted by molar-refractivity contribution is 7.91. The topological polar surface area (TPSA) is 75.3 Å². The van der Waals surface area contributed by atoms with Crippen LogP contribution in [-0.2, 0) is 9.84 Å². The first kappa shape index (κ1) is 20.0. The molecule has 1 aliphatic heterocycles. The van der Waals surface area contributed by atoms with Crippen LogP contribution in [0, 0.1) is 0 Å². The number of hydrogen-bond acceptors (Lipinski definition) is 5. The highest BCUT2D eigenvalue weighted by atomic mass is 32.2. The maximum absolute atomic E-state index is 13.5. The second-order valence-electron chi connectivity index (χ2n) is 7.96. The van der Waals surface area contributed by atoms with Gasteiger partial charge in [0.15, 0.2) is 5.03 Å². The van der Waals surface area contributed by atoms with Gasteiger partial charge < -0.3 is 9.64 Å². The molecule has 0 atom stereocenters. The predicted molar refractivity (Wildman–Crippen MR) is 121 cm³/mol. The lowest BCUT2D eigenvalue weighted by Gasteiger charge is -2.14. The average Bonchev–Trinajstić information content (AvgIpc) is 3.46. The van der Waals surface area contributed by atoms with Crippen LogP contribution >= 0.6 is 0 Å². The van der Waals surface area contributed by atoms with E-state index in [0.29, 0.717) is 28.6 Å².